The van der Waals surface area contributed by atoms with Gasteiger partial charge in [0.1, 0.15) is 12.4 Å². The lowest BCUT2D eigenvalue weighted by molar-refractivity contribution is 0.313. The first-order chi connectivity index (χ1) is 9.09. The largest absolute Gasteiger partial charge is 0.492 e. The van der Waals surface area contributed by atoms with Gasteiger partial charge in [-0.05, 0) is 48.9 Å². The normalized spacial score (nSPS) is 11.3. The third kappa shape index (κ3) is 7.22. The fraction of sp³-hybridized carbons (Fsp3) is 0.647. The lowest BCUT2D eigenvalue weighted by Gasteiger charge is -2.10. The molecule has 1 aromatic rings. The molecular formula is C17H29NO. The molecule has 0 amide bonds. The Labute approximate surface area is 118 Å². The average Bonchev–Trinajstić information content (AvgIpc) is 2.38. The van der Waals surface area contributed by atoms with E-state index in [1.807, 2.05) is 0 Å². The lowest BCUT2D eigenvalue weighted by Crippen LogP contribution is -2.22. The van der Waals surface area contributed by atoms with Crippen molar-refractivity contribution in [2.75, 3.05) is 19.7 Å². The van der Waals surface area contributed by atoms with Crippen molar-refractivity contribution in [2.45, 2.75) is 46.5 Å². The Hall–Kier alpha value is -1.02. The summed E-state index contributed by atoms with van der Waals surface area (Å²) in [6, 6.07) is 8.42. The number of hydrogen-bond acceptors (Lipinski definition) is 2. The smallest absolute Gasteiger partial charge is 0.119 e. The van der Waals surface area contributed by atoms with Crippen LogP contribution in [0.4, 0.5) is 0 Å². The second-order valence-electron chi connectivity index (χ2n) is 5.86. The van der Waals surface area contributed by atoms with Gasteiger partial charge < -0.3 is 10.1 Å². The molecule has 2 heteroatoms. The van der Waals surface area contributed by atoms with E-state index >= 15 is 0 Å². The van der Waals surface area contributed by atoms with E-state index in [0.717, 1.165) is 31.4 Å². The summed E-state index contributed by atoms with van der Waals surface area (Å²) in [5.74, 6) is 2.35. The third-order valence-corrected chi connectivity index (χ3v) is 3.23. The van der Waals surface area contributed by atoms with E-state index in [2.05, 4.69) is 57.3 Å². The summed E-state index contributed by atoms with van der Waals surface area (Å²) in [6.45, 7) is 11.7. The first kappa shape index (κ1) is 16.0. The van der Waals surface area contributed by atoms with E-state index in [1.165, 1.54) is 18.4 Å². The van der Waals surface area contributed by atoms with Crippen LogP contribution < -0.4 is 10.1 Å². The molecule has 0 atom stereocenters. The number of ether oxygens (including phenoxy) is 1. The molecule has 0 bridgehead atoms. The van der Waals surface area contributed by atoms with Crippen LogP contribution >= 0.6 is 0 Å². The van der Waals surface area contributed by atoms with E-state index < -0.39 is 0 Å². The lowest BCUT2D eigenvalue weighted by atomic mass is 10.0. The maximum absolute atomic E-state index is 5.71. The fourth-order valence-corrected chi connectivity index (χ4v) is 1.95. The van der Waals surface area contributed by atoms with Crippen molar-refractivity contribution < 1.29 is 4.74 Å². The number of rotatable bonds is 9. The summed E-state index contributed by atoms with van der Waals surface area (Å²) in [6.07, 6.45) is 2.55. The van der Waals surface area contributed by atoms with Crippen LogP contribution in [0, 0.1) is 5.92 Å². The summed E-state index contributed by atoms with van der Waals surface area (Å²) in [5.41, 5.74) is 1.36. The molecule has 108 valence electrons. The highest BCUT2D eigenvalue weighted by Gasteiger charge is 1.99. The average molecular weight is 263 g/mol. The van der Waals surface area contributed by atoms with Crippen LogP contribution in [0.3, 0.4) is 0 Å². The van der Waals surface area contributed by atoms with Gasteiger partial charge in [-0.3, -0.25) is 0 Å². The van der Waals surface area contributed by atoms with E-state index in [-0.39, 0.29) is 0 Å². The van der Waals surface area contributed by atoms with E-state index in [4.69, 9.17) is 4.74 Å². The maximum atomic E-state index is 5.71. The molecule has 0 unspecified atom stereocenters. The molecule has 0 aliphatic heterocycles. The van der Waals surface area contributed by atoms with Crippen molar-refractivity contribution in [2.24, 2.45) is 5.92 Å². The Kier molecular flexibility index (Phi) is 7.57. The second-order valence-corrected chi connectivity index (χ2v) is 5.86. The van der Waals surface area contributed by atoms with Crippen LogP contribution in [0.2, 0.25) is 0 Å². The molecule has 1 rings (SSSR count). The fourth-order valence-electron chi connectivity index (χ4n) is 1.95. The summed E-state index contributed by atoms with van der Waals surface area (Å²) in [4.78, 5) is 0. The predicted octanol–water partition coefficient (Wildman–Crippen LogP) is 4.21. The topological polar surface area (TPSA) is 21.3 Å². The summed E-state index contributed by atoms with van der Waals surface area (Å²) < 4.78 is 5.71. The zero-order valence-corrected chi connectivity index (χ0v) is 12.9. The van der Waals surface area contributed by atoms with Crippen molar-refractivity contribution in [3.8, 4) is 5.75 Å². The molecule has 0 aromatic heterocycles. The molecule has 0 spiro atoms. The van der Waals surface area contributed by atoms with E-state index in [9.17, 15) is 0 Å². The highest BCUT2D eigenvalue weighted by molar-refractivity contribution is 5.28. The quantitative estimate of drug-likeness (QED) is 0.674. The monoisotopic (exact) mass is 263 g/mol. The SMILES string of the molecule is CC(C)CCCNCCOc1ccc(C(C)C)cc1. The van der Waals surface area contributed by atoms with Gasteiger partial charge in [0.15, 0.2) is 0 Å². The number of hydrogen-bond donors (Lipinski definition) is 1. The molecule has 1 aromatic carbocycles. The van der Waals surface area contributed by atoms with Gasteiger partial charge in [-0.15, -0.1) is 0 Å². The van der Waals surface area contributed by atoms with Crippen LogP contribution in [-0.2, 0) is 0 Å². The van der Waals surface area contributed by atoms with Gasteiger partial charge in [0.25, 0.3) is 0 Å². The molecular weight excluding hydrogens is 234 g/mol. The third-order valence-electron chi connectivity index (χ3n) is 3.23. The Morgan fingerprint density at radius 1 is 1.00 bits per heavy atom. The zero-order chi connectivity index (χ0) is 14.1. The molecule has 19 heavy (non-hydrogen) atoms. The molecule has 0 heterocycles. The highest BCUT2D eigenvalue weighted by atomic mass is 16.5. The first-order valence-electron chi connectivity index (χ1n) is 7.53. The second kappa shape index (κ2) is 8.98. The van der Waals surface area contributed by atoms with Gasteiger partial charge in [0, 0.05) is 6.54 Å². The molecule has 0 aliphatic carbocycles. The van der Waals surface area contributed by atoms with Crippen LogP contribution in [-0.4, -0.2) is 19.7 Å². The standard InChI is InChI=1S/C17H29NO/c1-14(2)6-5-11-18-12-13-19-17-9-7-16(8-10-17)15(3)4/h7-10,14-15,18H,5-6,11-13H2,1-4H3. The van der Waals surface area contributed by atoms with Gasteiger partial charge in [-0.25, -0.2) is 0 Å². The van der Waals surface area contributed by atoms with Gasteiger partial charge in [0.2, 0.25) is 0 Å². The van der Waals surface area contributed by atoms with Gasteiger partial charge in [0.05, 0.1) is 0 Å². The minimum atomic E-state index is 0.580. The molecule has 1 N–H and O–H groups in total. The minimum absolute atomic E-state index is 0.580. The Morgan fingerprint density at radius 2 is 1.68 bits per heavy atom. The summed E-state index contributed by atoms with van der Waals surface area (Å²) in [5, 5.41) is 3.42. The summed E-state index contributed by atoms with van der Waals surface area (Å²) in [7, 11) is 0. The Morgan fingerprint density at radius 3 is 2.26 bits per heavy atom. The van der Waals surface area contributed by atoms with Crippen LogP contribution in [0.5, 0.6) is 5.75 Å². The van der Waals surface area contributed by atoms with E-state index in [1.54, 1.807) is 0 Å². The molecule has 0 aliphatic rings. The van der Waals surface area contributed by atoms with Crippen molar-refractivity contribution in [1.82, 2.24) is 5.32 Å². The molecule has 0 fully saturated rings. The minimum Gasteiger partial charge on any atom is -0.492 e. The van der Waals surface area contributed by atoms with Gasteiger partial charge in [-0.1, -0.05) is 39.8 Å². The molecule has 0 saturated carbocycles. The maximum Gasteiger partial charge on any atom is 0.119 e. The number of nitrogens with one attached hydrogen (secondary N) is 1. The Bertz CT molecular complexity index is 330. The summed E-state index contributed by atoms with van der Waals surface area (Å²) >= 11 is 0. The highest BCUT2D eigenvalue weighted by Crippen LogP contribution is 2.18. The molecule has 2 nitrogen and oxygen atoms in total. The predicted molar refractivity (Wildman–Crippen MR) is 83.0 cm³/mol. The van der Waals surface area contributed by atoms with Crippen molar-refractivity contribution in [3.05, 3.63) is 29.8 Å². The van der Waals surface area contributed by atoms with Gasteiger partial charge >= 0.3 is 0 Å². The first-order valence-corrected chi connectivity index (χ1v) is 7.53. The van der Waals surface area contributed by atoms with Crippen molar-refractivity contribution >= 4 is 0 Å². The zero-order valence-electron chi connectivity index (χ0n) is 12.9. The van der Waals surface area contributed by atoms with Crippen LogP contribution in [0.25, 0.3) is 0 Å². The van der Waals surface area contributed by atoms with Crippen molar-refractivity contribution in [1.29, 1.82) is 0 Å². The molecule has 0 saturated heterocycles. The van der Waals surface area contributed by atoms with Crippen LogP contribution in [0.1, 0.15) is 52.0 Å². The van der Waals surface area contributed by atoms with Crippen molar-refractivity contribution in [3.63, 3.8) is 0 Å². The molecule has 0 radical (unpaired) electrons. The van der Waals surface area contributed by atoms with Gasteiger partial charge in [-0.2, -0.15) is 0 Å². The number of benzene rings is 1. The van der Waals surface area contributed by atoms with E-state index in [0.29, 0.717) is 5.92 Å². The van der Waals surface area contributed by atoms with Crippen LogP contribution in [0.15, 0.2) is 24.3 Å². The Balaban J connectivity index is 2.09.